The molecular weight excluding hydrogens is 436 g/mol. The number of rotatable bonds is 5. The van der Waals surface area contributed by atoms with Crippen LogP contribution in [0.5, 0.6) is 0 Å². The van der Waals surface area contributed by atoms with E-state index in [1.807, 2.05) is 23.1 Å². The Balaban J connectivity index is 1.25. The number of anilines is 1. The number of nitrogens with zero attached hydrogens (tertiary/aromatic N) is 4. The fourth-order valence-corrected chi connectivity index (χ4v) is 5.94. The number of benzene rings is 2. The number of aryl methyl sites for hydroxylation is 1. The Morgan fingerprint density at radius 3 is 2.62 bits per heavy atom. The molecule has 0 aliphatic carbocycles. The standard InChI is InChI=1S/C25H24N4OS2/c1-18-6-5-9-20(14-18)28-10-12-29(13-11-28)22(30)16-32-25-23-21(19-7-3-2-4-8-19)15-31-24(23)26-17-27-25/h2-9,14-15,17H,10-13,16H2,1H3. The summed E-state index contributed by atoms with van der Waals surface area (Å²) in [7, 11) is 0. The van der Waals surface area contributed by atoms with Gasteiger partial charge in [0.2, 0.25) is 5.91 Å². The average Bonchev–Trinajstić information content (AvgIpc) is 3.28. The van der Waals surface area contributed by atoms with Crippen molar-refractivity contribution in [1.29, 1.82) is 0 Å². The highest BCUT2D eigenvalue weighted by Crippen LogP contribution is 2.37. The third-order valence-corrected chi connectivity index (χ3v) is 7.61. The monoisotopic (exact) mass is 460 g/mol. The molecule has 5 nitrogen and oxygen atoms in total. The minimum Gasteiger partial charge on any atom is -0.368 e. The fourth-order valence-electron chi connectivity index (χ4n) is 4.05. The number of thioether (sulfide) groups is 1. The van der Waals surface area contributed by atoms with Crippen molar-refractivity contribution in [3.05, 3.63) is 71.9 Å². The lowest BCUT2D eigenvalue weighted by Crippen LogP contribution is -2.49. The number of hydrogen-bond donors (Lipinski definition) is 0. The molecule has 32 heavy (non-hydrogen) atoms. The van der Waals surface area contributed by atoms with Crippen molar-refractivity contribution >= 4 is 44.9 Å². The second-order valence-electron chi connectivity index (χ2n) is 7.87. The van der Waals surface area contributed by atoms with Crippen molar-refractivity contribution in [3.8, 4) is 11.1 Å². The van der Waals surface area contributed by atoms with Crippen LogP contribution in [0, 0.1) is 6.92 Å². The highest BCUT2D eigenvalue weighted by Gasteiger charge is 2.22. The van der Waals surface area contributed by atoms with Gasteiger partial charge in [-0.05, 0) is 30.2 Å². The fraction of sp³-hybridized carbons (Fsp3) is 0.240. The quantitative estimate of drug-likeness (QED) is 0.306. The van der Waals surface area contributed by atoms with E-state index in [1.54, 1.807) is 17.7 Å². The second-order valence-corrected chi connectivity index (χ2v) is 9.69. The maximum atomic E-state index is 12.9. The first-order valence-corrected chi connectivity index (χ1v) is 12.6. The molecule has 3 heterocycles. The van der Waals surface area contributed by atoms with Crippen LogP contribution >= 0.6 is 23.1 Å². The van der Waals surface area contributed by atoms with Gasteiger partial charge in [0, 0.05) is 42.8 Å². The Bertz CT molecular complexity index is 1230. The van der Waals surface area contributed by atoms with E-state index in [4.69, 9.17) is 0 Å². The Morgan fingerprint density at radius 2 is 1.84 bits per heavy atom. The second kappa shape index (κ2) is 9.30. The molecule has 5 rings (SSSR count). The molecule has 0 unspecified atom stereocenters. The van der Waals surface area contributed by atoms with Crippen molar-refractivity contribution in [2.24, 2.45) is 0 Å². The van der Waals surface area contributed by atoms with Crippen molar-refractivity contribution in [1.82, 2.24) is 14.9 Å². The Hall–Kier alpha value is -2.90. The summed E-state index contributed by atoms with van der Waals surface area (Å²) in [6.07, 6.45) is 1.60. The molecule has 0 atom stereocenters. The number of carbonyl (C=O) groups excluding carboxylic acids is 1. The highest BCUT2D eigenvalue weighted by atomic mass is 32.2. The Labute approximate surface area is 196 Å². The summed E-state index contributed by atoms with van der Waals surface area (Å²) in [5, 5.41) is 4.05. The van der Waals surface area contributed by atoms with Crippen LogP contribution in [0.2, 0.25) is 0 Å². The molecule has 0 spiro atoms. The van der Waals surface area contributed by atoms with Crippen molar-refractivity contribution in [2.75, 3.05) is 36.8 Å². The predicted octanol–water partition coefficient (Wildman–Crippen LogP) is 5.11. The molecule has 2 aromatic heterocycles. The van der Waals surface area contributed by atoms with Crippen LogP contribution in [0.4, 0.5) is 5.69 Å². The maximum Gasteiger partial charge on any atom is 0.233 e. The summed E-state index contributed by atoms with van der Waals surface area (Å²) >= 11 is 3.13. The highest BCUT2D eigenvalue weighted by molar-refractivity contribution is 8.00. The maximum absolute atomic E-state index is 12.9. The van der Waals surface area contributed by atoms with Crippen LogP contribution < -0.4 is 4.90 Å². The molecule has 0 saturated carbocycles. The van der Waals surface area contributed by atoms with E-state index in [9.17, 15) is 4.79 Å². The largest absolute Gasteiger partial charge is 0.368 e. The summed E-state index contributed by atoms with van der Waals surface area (Å²) in [5.74, 6) is 0.558. The third-order valence-electron chi connectivity index (χ3n) is 5.75. The van der Waals surface area contributed by atoms with Crippen LogP contribution in [0.1, 0.15) is 5.56 Å². The number of thiophene rings is 1. The molecule has 1 aliphatic heterocycles. The number of amides is 1. The van der Waals surface area contributed by atoms with Gasteiger partial charge in [-0.1, -0.05) is 54.2 Å². The molecule has 7 heteroatoms. The minimum atomic E-state index is 0.169. The summed E-state index contributed by atoms with van der Waals surface area (Å²) in [6.45, 7) is 5.34. The molecular formula is C25H24N4OS2. The van der Waals surface area contributed by atoms with Crippen molar-refractivity contribution < 1.29 is 4.79 Å². The van der Waals surface area contributed by atoms with Crippen molar-refractivity contribution in [2.45, 2.75) is 11.9 Å². The van der Waals surface area contributed by atoms with Crippen LogP contribution in [-0.4, -0.2) is 52.7 Å². The van der Waals surface area contributed by atoms with Gasteiger partial charge >= 0.3 is 0 Å². The number of fused-ring (bicyclic) bond motifs is 1. The lowest BCUT2D eigenvalue weighted by Gasteiger charge is -2.36. The van der Waals surface area contributed by atoms with E-state index < -0.39 is 0 Å². The molecule has 1 aliphatic rings. The summed E-state index contributed by atoms with van der Waals surface area (Å²) in [4.78, 5) is 27.2. The van der Waals surface area contributed by atoms with Crippen LogP contribution in [0.15, 0.2) is 71.3 Å². The average molecular weight is 461 g/mol. The normalized spacial score (nSPS) is 14.2. The molecule has 162 valence electrons. The van der Waals surface area contributed by atoms with E-state index in [1.165, 1.54) is 23.0 Å². The molecule has 1 saturated heterocycles. The SMILES string of the molecule is Cc1cccc(N2CCN(C(=O)CSc3ncnc4scc(-c5ccccc5)c34)CC2)c1. The van der Waals surface area contributed by atoms with Gasteiger partial charge in [-0.3, -0.25) is 4.79 Å². The lowest BCUT2D eigenvalue weighted by molar-refractivity contribution is -0.128. The molecule has 1 fully saturated rings. The van der Waals surface area contributed by atoms with Gasteiger partial charge in [0.25, 0.3) is 0 Å². The lowest BCUT2D eigenvalue weighted by atomic mass is 10.1. The van der Waals surface area contributed by atoms with Crippen LogP contribution in [0.25, 0.3) is 21.3 Å². The summed E-state index contributed by atoms with van der Waals surface area (Å²) in [6, 6.07) is 18.8. The van der Waals surface area contributed by atoms with E-state index in [0.29, 0.717) is 5.75 Å². The van der Waals surface area contributed by atoms with Crippen LogP contribution in [-0.2, 0) is 4.79 Å². The molecule has 4 aromatic rings. The van der Waals surface area contributed by atoms with Gasteiger partial charge < -0.3 is 9.80 Å². The number of hydrogen-bond acceptors (Lipinski definition) is 6. The number of carbonyl (C=O) groups is 1. The molecule has 1 amide bonds. The zero-order chi connectivity index (χ0) is 21.9. The first kappa shape index (κ1) is 21.0. The first-order valence-electron chi connectivity index (χ1n) is 10.7. The molecule has 0 radical (unpaired) electrons. The summed E-state index contributed by atoms with van der Waals surface area (Å²) in [5.41, 5.74) is 4.78. The smallest absolute Gasteiger partial charge is 0.233 e. The first-order chi connectivity index (χ1) is 15.7. The third kappa shape index (κ3) is 4.36. The van der Waals surface area contributed by atoms with Crippen LogP contribution in [0.3, 0.4) is 0 Å². The van der Waals surface area contributed by atoms with E-state index in [0.717, 1.165) is 52.5 Å². The Morgan fingerprint density at radius 1 is 1.03 bits per heavy atom. The molecule has 0 N–H and O–H groups in total. The number of piperazine rings is 1. The molecule has 0 bridgehead atoms. The predicted molar refractivity (Wildman–Crippen MR) is 134 cm³/mol. The topological polar surface area (TPSA) is 49.3 Å². The van der Waals surface area contributed by atoms with Gasteiger partial charge in [0.05, 0.1) is 11.1 Å². The van der Waals surface area contributed by atoms with Gasteiger partial charge in [-0.25, -0.2) is 9.97 Å². The zero-order valence-corrected chi connectivity index (χ0v) is 19.5. The zero-order valence-electron chi connectivity index (χ0n) is 17.9. The van der Waals surface area contributed by atoms with Gasteiger partial charge in [-0.15, -0.1) is 11.3 Å². The van der Waals surface area contributed by atoms with Gasteiger partial charge in [0.15, 0.2) is 0 Å². The van der Waals surface area contributed by atoms with E-state index in [2.05, 4.69) is 63.6 Å². The minimum absolute atomic E-state index is 0.169. The van der Waals surface area contributed by atoms with E-state index >= 15 is 0 Å². The van der Waals surface area contributed by atoms with E-state index in [-0.39, 0.29) is 5.91 Å². The van der Waals surface area contributed by atoms with Crippen molar-refractivity contribution in [3.63, 3.8) is 0 Å². The van der Waals surface area contributed by atoms with Gasteiger partial charge in [0.1, 0.15) is 16.2 Å². The number of aromatic nitrogens is 2. The van der Waals surface area contributed by atoms with Gasteiger partial charge in [-0.2, -0.15) is 0 Å². The molecule has 2 aromatic carbocycles. The Kier molecular flexibility index (Phi) is 6.10. The summed E-state index contributed by atoms with van der Waals surface area (Å²) < 4.78 is 0.